The van der Waals surface area contributed by atoms with Crippen LogP contribution in [0.2, 0.25) is 5.02 Å². The van der Waals surface area contributed by atoms with Crippen molar-refractivity contribution in [2.45, 2.75) is 18.9 Å². The second-order valence-corrected chi connectivity index (χ2v) is 5.93. The Morgan fingerprint density at radius 1 is 1.09 bits per heavy atom. The molecule has 0 saturated heterocycles. The van der Waals surface area contributed by atoms with Gasteiger partial charge in [-0.05, 0) is 48.6 Å². The lowest BCUT2D eigenvalue weighted by molar-refractivity contribution is 0.0930. The molecular formula is C17H14ClF2NO. The van der Waals surface area contributed by atoms with Gasteiger partial charge in [0, 0.05) is 16.7 Å². The molecule has 114 valence electrons. The van der Waals surface area contributed by atoms with Gasteiger partial charge < -0.3 is 5.32 Å². The highest BCUT2D eigenvalue weighted by molar-refractivity contribution is 6.30. The molecule has 1 saturated carbocycles. The fraction of sp³-hybridized carbons (Fsp3) is 0.235. The zero-order chi connectivity index (χ0) is 15.7. The van der Waals surface area contributed by atoms with E-state index >= 15 is 0 Å². The molecule has 2 aromatic rings. The van der Waals surface area contributed by atoms with Crippen molar-refractivity contribution in [1.29, 1.82) is 0 Å². The number of rotatable bonds is 4. The molecule has 0 bridgehead atoms. The summed E-state index contributed by atoms with van der Waals surface area (Å²) in [4.78, 5) is 12.3. The Balaban J connectivity index is 1.81. The lowest BCUT2D eigenvalue weighted by Crippen LogP contribution is -2.30. The zero-order valence-corrected chi connectivity index (χ0v) is 12.4. The van der Waals surface area contributed by atoms with Crippen LogP contribution in [0.5, 0.6) is 0 Å². The monoisotopic (exact) mass is 321 g/mol. The zero-order valence-electron chi connectivity index (χ0n) is 11.7. The van der Waals surface area contributed by atoms with Gasteiger partial charge in [0.1, 0.15) is 11.6 Å². The first-order valence-electron chi connectivity index (χ1n) is 7.05. The Morgan fingerprint density at radius 2 is 1.68 bits per heavy atom. The summed E-state index contributed by atoms with van der Waals surface area (Å²) in [5.41, 5.74) is 0.925. The van der Waals surface area contributed by atoms with Crippen molar-refractivity contribution >= 4 is 17.5 Å². The van der Waals surface area contributed by atoms with Crippen LogP contribution in [0.1, 0.15) is 34.8 Å². The quantitative estimate of drug-likeness (QED) is 0.882. The topological polar surface area (TPSA) is 29.1 Å². The molecule has 1 N–H and O–H groups in total. The van der Waals surface area contributed by atoms with Gasteiger partial charge in [0.25, 0.3) is 5.91 Å². The average molecular weight is 322 g/mol. The van der Waals surface area contributed by atoms with E-state index in [0.717, 1.165) is 36.6 Å². The predicted octanol–water partition coefficient (Wildman–Crippen LogP) is 4.50. The lowest BCUT2D eigenvalue weighted by atomic mass is 10.0. The van der Waals surface area contributed by atoms with Gasteiger partial charge in [0.05, 0.1) is 6.04 Å². The van der Waals surface area contributed by atoms with Crippen LogP contribution in [0.3, 0.4) is 0 Å². The summed E-state index contributed by atoms with van der Waals surface area (Å²) in [5, 5.41) is 3.49. The maximum atomic E-state index is 13.2. The molecule has 3 rings (SSSR count). The van der Waals surface area contributed by atoms with Gasteiger partial charge >= 0.3 is 0 Å². The third kappa shape index (κ3) is 3.45. The Labute approximate surface area is 132 Å². The van der Waals surface area contributed by atoms with Crippen molar-refractivity contribution in [2.75, 3.05) is 0 Å². The number of carbonyl (C=O) groups excluding carboxylic acids is 1. The Morgan fingerprint density at radius 3 is 2.23 bits per heavy atom. The minimum Gasteiger partial charge on any atom is -0.345 e. The summed E-state index contributed by atoms with van der Waals surface area (Å²) in [6, 6.07) is 9.88. The maximum absolute atomic E-state index is 13.2. The van der Waals surface area contributed by atoms with Crippen molar-refractivity contribution < 1.29 is 13.6 Å². The molecule has 1 atom stereocenters. The van der Waals surface area contributed by atoms with Crippen LogP contribution in [0, 0.1) is 17.6 Å². The summed E-state index contributed by atoms with van der Waals surface area (Å²) in [5.74, 6) is -1.66. The van der Waals surface area contributed by atoms with E-state index in [2.05, 4.69) is 5.32 Å². The molecule has 1 amide bonds. The van der Waals surface area contributed by atoms with E-state index in [1.807, 2.05) is 12.1 Å². The van der Waals surface area contributed by atoms with E-state index in [1.165, 1.54) is 0 Å². The van der Waals surface area contributed by atoms with Crippen molar-refractivity contribution in [3.8, 4) is 0 Å². The molecule has 0 aromatic heterocycles. The summed E-state index contributed by atoms with van der Waals surface area (Å²) >= 11 is 5.88. The highest BCUT2D eigenvalue weighted by Crippen LogP contribution is 2.41. The first kappa shape index (κ1) is 15.0. The summed E-state index contributed by atoms with van der Waals surface area (Å²) in [6.45, 7) is 0. The summed E-state index contributed by atoms with van der Waals surface area (Å²) < 4.78 is 26.5. The van der Waals surface area contributed by atoms with Gasteiger partial charge in [-0.1, -0.05) is 23.7 Å². The molecule has 1 aliphatic carbocycles. The van der Waals surface area contributed by atoms with Gasteiger partial charge in [0.15, 0.2) is 0 Å². The van der Waals surface area contributed by atoms with Gasteiger partial charge in [-0.3, -0.25) is 4.79 Å². The molecule has 2 nitrogen and oxygen atoms in total. The van der Waals surface area contributed by atoms with Gasteiger partial charge in [-0.25, -0.2) is 8.78 Å². The molecule has 1 fully saturated rings. The fourth-order valence-electron chi connectivity index (χ4n) is 2.48. The Hall–Kier alpha value is -1.94. The first-order chi connectivity index (χ1) is 10.5. The van der Waals surface area contributed by atoms with Crippen molar-refractivity contribution in [3.05, 3.63) is 70.2 Å². The molecule has 0 aliphatic heterocycles. The Bertz CT molecular complexity index is 678. The van der Waals surface area contributed by atoms with Crippen molar-refractivity contribution in [3.63, 3.8) is 0 Å². The van der Waals surface area contributed by atoms with Gasteiger partial charge in [-0.2, -0.15) is 0 Å². The van der Waals surface area contributed by atoms with Crippen LogP contribution < -0.4 is 5.32 Å². The molecule has 1 aliphatic rings. The third-order valence-electron chi connectivity index (χ3n) is 3.73. The molecule has 5 heteroatoms. The molecule has 0 spiro atoms. The standard InChI is InChI=1S/C17H14ClF2NO/c18-13-5-3-11(4-6-13)16(10-1-2-10)21-17(22)12-7-14(19)9-15(20)8-12/h3-10,16H,1-2H2,(H,21,22). The number of amides is 1. The minimum absolute atomic E-state index is 0.0166. The minimum atomic E-state index is -0.764. The number of halogens is 3. The van der Waals surface area contributed by atoms with Gasteiger partial charge in [0.2, 0.25) is 0 Å². The number of benzene rings is 2. The number of hydrogen-bond donors (Lipinski definition) is 1. The van der Waals surface area contributed by atoms with Crippen LogP contribution in [-0.2, 0) is 0 Å². The van der Waals surface area contributed by atoms with Crippen LogP contribution in [0.25, 0.3) is 0 Å². The highest BCUT2D eigenvalue weighted by atomic mass is 35.5. The highest BCUT2D eigenvalue weighted by Gasteiger charge is 2.33. The smallest absolute Gasteiger partial charge is 0.251 e. The van der Waals surface area contributed by atoms with E-state index in [-0.39, 0.29) is 11.6 Å². The number of nitrogens with one attached hydrogen (secondary N) is 1. The van der Waals surface area contributed by atoms with Crippen LogP contribution in [-0.4, -0.2) is 5.91 Å². The van der Waals surface area contributed by atoms with E-state index < -0.39 is 17.5 Å². The fourth-order valence-corrected chi connectivity index (χ4v) is 2.61. The van der Waals surface area contributed by atoms with Crippen LogP contribution in [0.15, 0.2) is 42.5 Å². The molecule has 1 unspecified atom stereocenters. The maximum Gasteiger partial charge on any atom is 0.251 e. The van der Waals surface area contributed by atoms with Crippen molar-refractivity contribution in [2.24, 2.45) is 5.92 Å². The van der Waals surface area contributed by atoms with E-state index in [0.29, 0.717) is 10.9 Å². The van der Waals surface area contributed by atoms with Crippen LogP contribution >= 0.6 is 11.6 Å². The molecule has 22 heavy (non-hydrogen) atoms. The molecule has 0 heterocycles. The number of carbonyl (C=O) groups is 1. The third-order valence-corrected chi connectivity index (χ3v) is 3.99. The normalized spacial score (nSPS) is 15.4. The van der Waals surface area contributed by atoms with Crippen molar-refractivity contribution in [1.82, 2.24) is 5.32 Å². The first-order valence-corrected chi connectivity index (χ1v) is 7.43. The van der Waals surface area contributed by atoms with E-state index in [9.17, 15) is 13.6 Å². The SMILES string of the molecule is O=C(NC(c1ccc(Cl)cc1)C1CC1)c1cc(F)cc(F)c1. The van der Waals surface area contributed by atoms with E-state index in [1.54, 1.807) is 12.1 Å². The second kappa shape index (κ2) is 6.05. The lowest BCUT2D eigenvalue weighted by Gasteiger charge is -2.19. The average Bonchev–Trinajstić information content (AvgIpc) is 3.29. The summed E-state index contributed by atoms with van der Waals surface area (Å²) in [7, 11) is 0. The molecule has 2 aromatic carbocycles. The molecular weight excluding hydrogens is 308 g/mol. The van der Waals surface area contributed by atoms with Gasteiger partial charge in [-0.15, -0.1) is 0 Å². The number of hydrogen-bond acceptors (Lipinski definition) is 1. The Kier molecular flexibility index (Phi) is 4.12. The van der Waals surface area contributed by atoms with E-state index in [4.69, 9.17) is 11.6 Å². The second-order valence-electron chi connectivity index (χ2n) is 5.50. The summed E-state index contributed by atoms with van der Waals surface area (Å²) in [6.07, 6.45) is 2.04. The van der Waals surface area contributed by atoms with Crippen LogP contribution in [0.4, 0.5) is 8.78 Å². The largest absolute Gasteiger partial charge is 0.345 e. The molecule has 0 radical (unpaired) electrons. The predicted molar refractivity (Wildman–Crippen MR) is 80.7 cm³/mol.